The third kappa shape index (κ3) is 2.93. The number of hydrogen-bond acceptors (Lipinski definition) is 2. The van der Waals surface area contributed by atoms with Crippen molar-refractivity contribution in [1.29, 1.82) is 5.26 Å². The fourth-order valence-electron chi connectivity index (χ4n) is 1.01. The van der Waals surface area contributed by atoms with Crippen molar-refractivity contribution in [1.82, 2.24) is 0 Å². The second-order valence-electron chi connectivity index (χ2n) is 2.63. The van der Waals surface area contributed by atoms with Crippen LogP contribution in [0.2, 0.25) is 0 Å². The Labute approximate surface area is 99.4 Å². The van der Waals surface area contributed by atoms with Gasteiger partial charge in [-0.3, -0.25) is 0 Å². The van der Waals surface area contributed by atoms with Gasteiger partial charge in [0.1, 0.15) is 0 Å². The van der Waals surface area contributed by atoms with E-state index < -0.39 is 0 Å². The summed E-state index contributed by atoms with van der Waals surface area (Å²) >= 11 is 5.60. The molecule has 68 valence electrons. The Morgan fingerprint density at radius 3 is 2.92 bits per heavy atom. The molecule has 0 amide bonds. The van der Waals surface area contributed by atoms with Crippen LogP contribution in [0.4, 0.5) is 0 Å². The highest BCUT2D eigenvalue weighted by Crippen LogP contribution is 2.24. The predicted octanol–water partition coefficient (Wildman–Crippen LogP) is 2.97. The van der Waals surface area contributed by atoms with Gasteiger partial charge in [-0.15, -0.1) is 0 Å². The first-order chi connectivity index (χ1) is 6.15. The van der Waals surface area contributed by atoms with E-state index in [0.29, 0.717) is 6.42 Å². The highest BCUT2D eigenvalue weighted by atomic mass is 127. The highest BCUT2D eigenvalue weighted by Gasteiger charge is 2.09. The van der Waals surface area contributed by atoms with Crippen LogP contribution in [0, 0.1) is 14.9 Å². The third-order valence-electron chi connectivity index (χ3n) is 1.67. The van der Waals surface area contributed by atoms with Gasteiger partial charge in [0.25, 0.3) is 0 Å². The molecule has 1 rings (SSSR count). The predicted molar refractivity (Wildman–Crippen MR) is 64.0 cm³/mol. The van der Waals surface area contributed by atoms with Crippen LogP contribution in [0.5, 0.6) is 0 Å². The molecule has 0 heterocycles. The SMILES string of the molecule is N#CC[C@H](N)c1cc(Br)ccc1I. The zero-order chi connectivity index (χ0) is 9.84. The smallest absolute Gasteiger partial charge is 0.0641 e. The molecule has 0 unspecified atom stereocenters. The van der Waals surface area contributed by atoms with Gasteiger partial charge in [-0.25, -0.2) is 0 Å². The first kappa shape index (κ1) is 11.0. The Hall–Kier alpha value is -0.120. The van der Waals surface area contributed by atoms with Gasteiger partial charge in [-0.2, -0.15) is 5.26 Å². The Kier molecular flexibility index (Phi) is 4.16. The number of hydrogen-bond donors (Lipinski definition) is 1. The van der Waals surface area contributed by atoms with Crippen LogP contribution in [-0.2, 0) is 0 Å². The maximum Gasteiger partial charge on any atom is 0.0641 e. The quantitative estimate of drug-likeness (QED) is 0.833. The Bertz CT molecular complexity index is 346. The minimum Gasteiger partial charge on any atom is -0.323 e. The molecule has 13 heavy (non-hydrogen) atoms. The molecule has 1 aromatic carbocycles. The lowest BCUT2D eigenvalue weighted by atomic mass is 10.1. The van der Waals surface area contributed by atoms with Crippen LogP contribution >= 0.6 is 38.5 Å². The summed E-state index contributed by atoms with van der Waals surface area (Å²) in [6.07, 6.45) is 0.354. The number of nitrogens with two attached hydrogens (primary N) is 1. The summed E-state index contributed by atoms with van der Waals surface area (Å²) in [6.45, 7) is 0. The maximum absolute atomic E-state index is 8.51. The molecule has 0 radical (unpaired) electrons. The first-order valence-electron chi connectivity index (χ1n) is 3.72. The van der Waals surface area contributed by atoms with E-state index in [1.54, 1.807) is 0 Å². The molecule has 1 aromatic rings. The van der Waals surface area contributed by atoms with E-state index in [2.05, 4.69) is 44.6 Å². The van der Waals surface area contributed by atoms with Crippen molar-refractivity contribution in [2.75, 3.05) is 0 Å². The van der Waals surface area contributed by atoms with E-state index in [1.165, 1.54) is 0 Å². The Morgan fingerprint density at radius 2 is 2.31 bits per heavy atom. The summed E-state index contributed by atoms with van der Waals surface area (Å²) in [5.74, 6) is 0. The van der Waals surface area contributed by atoms with Crippen molar-refractivity contribution in [2.24, 2.45) is 5.73 Å². The second kappa shape index (κ2) is 4.94. The van der Waals surface area contributed by atoms with Gasteiger partial charge in [-0.05, 0) is 46.4 Å². The first-order valence-corrected chi connectivity index (χ1v) is 5.60. The molecule has 2 nitrogen and oxygen atoms in total. The van der Waals surface area contributed by atoms with Crippen LogP contribution in [0.25, 0.3) is 0 Å². The zero-order valence-corrected chi connectivity index (χ0v) is 10.5. The van der Waals surface area contributed by atoms with Crippen molar-refractivity contribution in [3.8, 4) is 6.07 Å². The molecule has 0 fully saturated rings. The molecule has 0 aliphatic carbocycles. The van der Waals surface area contributed by atoms with Crippen molar-refractivity contribution in [3.63, 3.8) is 0 Å². The zero-order valence-electron chi connectivity index (χ0n) is 6.80. The van der Waals surface area contributed by atoms with Gasteiger partial charge in [0.2, 0.25) is 0 Å². The topological polar surface area (TPSA) is 49.8 Å². The molecule has 1 atom stereocenters. The number of rotatable bonds is 2. The van der Waals surface area contributed by atoms with Gasteiger partial charge in [-0.1, -0.05) is 15.9 Å². The van der Waals surface area contributed by atoms with E-state index >= 15 is 0 Å². The molecule has 0 aromatic heterocycles. The number of halogens is 2. The fraction of sp³-hybridized carbons (Fsp3) is 0.222. The standard InChI is InChI=1S/C9H8BrIN2/c10-6-1-2-8(11)7(5-6)9(13)3-4-12/h1-2,5,9H,3,13H2/t9-/m0/s1. The van der Waals surface area contributed by atoms with Crippen LogP contribution in [0.15, 0.2) is 22.7 Å². The summed E-state index contributed by atoms with van der Waals surface area (Å²) in [5, 5.41) is 8.51. The molecule has 0 aliphatic heterocycles. The largest absolute Gasteiger partial charge is 0.323 e. The van der Waals surface area contributed by atoms with Crippen molar-refractivity contribution in [3.05, 3.63) is 31.8 Å². The lowest BCUT2D eigenvalue weighted by molar-refractivity contribution is 0.743. The molecule has 0 saturated heterocycles. The molecule has 0 bridgehead atoms. The van der Waals surface area contributed by atoms with Gasteiger partial charge >= 0.3 is 0 Å². The highest BCUT2D eigenvalue weighted by molar-refractivity contribution is 14.1. The average Bonchev–Trinajstić information content (AvgIpc) is 2.09. The van der Waals surface area contributed by atoms with Gasteiger partial charge in [0.15, 0.2) is 0 Å². The molecule has 0 saturated carbocycles. The molecule has 0 aliphatic rings. The van der Waals surface area contributed by atoms with E-state index in [4.69, 9.17) is 11.0 Å². The normalized spacial score (nSPS) is 12.2. The van der Waals surface area contributed by atoms with Gasteiger partial charge < -0.3 is 5.73 Å². The Morgan fingerprint density at radius 1 is 1.62 bits per heavy atom. The van der Waals surface area contributed by atoms with E-state index in [-0.39, 0.29) is 6.04 Å². The third-order valence-corrected chi connectivity index (χ3v) is 3.14. The lowest BCUT2D eigenvalue weighted by Gasteiger charge is -2.10. The summed E-state index contributed by atoms with van der Waals surface area (Å²) in [6, 6.07) is 7.79. The van der Waals surface area contributed by atoms with Crippen LogP contribution < -0.4 is 5.73 Å². The number of nitriles is 1. The van der Waals surface area contributed by atoms with Crippen LogP contribution in [0.3, 0.4) is 0 Å². The van der Waals surface area contributed by atoms with Crippen molar-refractivity contribution >= 4 is 38.5 Å². The van der Waals surface area contributed by atoms with Crippen molar-refractivity contribution < 1.29 is 0 Å². The minimum absolute atomic E-state index is 0.186. The average molecular weight is 351 g/mol. The molecule has 0 spiro atoms. The summed E-state index contributed by atoms with van der Waals surface area (Å²) in [4.78, 5) is 0. The monoisotopic (exact) mass is 350 g/mol. The van der Waals surface area contributed by atoms with Gasteiger partial charge in [0.05, 0.1) is 12.5 Å². The van der Waals surface area contributed by atoms with E-state index in [1.807, 2.05) is 18.2 Å². The lowest BCUT2D eigenvalue weighted by Crippen LogP contribution is -2.10. The van der Waals surface area contributed by atoms with Gasteiger partial charge in [0, 0.05) is 14.1 Å². The number of nitrogens with zero attached hydrogens (tertiary/aromatic N) is 1. The maximum atomic E-state index is 8.51. The summed E-state index contributed by atoms with van der Waals surface area (Å²) in [7, 11) is 0. The minimum atomic E-state index is -0.186. The summed E-state index contributed by atoms with van der Waals surface area (Å²) in [5.41, 5.74) is 6.85. The summed E-state index contributed by atoms with van der Waals surface area (Å²) < 4.78 is 2.10. The fourth-order valence-corrected chi connectivity index (χ4v) is 2.12. The van der Waals surface area contributed by atoms with Crippen LogP contribution in [0.1, 0.15) is 18.0 Å². The Balaban J connectivity index is 3.00. The van der Waals surface area contributed by atoms with E-state index in [0.717, 1.165) is 13.6 Å². The second-order valence-corrected chi connectivity index (χ2v) is 4.71. The molecular formula is C9H8BrIN2. The molecule has 4 heteroatoms. The molecular weight excluding hydrogens is 343 g/mol. The van der Waals surface area contributed by atoms with Crippen LogP contribution in [-0.4, -0.2) is 0 Å². The molecule has 2 N–H and O–H groups in total. The van der Waals surface area contributed by atoms with E-state index in [9.17, 15) is 0 Å². The van der Waals surface area contributed by atoms with Crippen molar-refractivity contribution in [2.45, 2.75) is 12.5 Å². The number of benzene rings is 1.